The summed E-state index contributed by atoms with van der Waals surface area (Å²) in [6, 6.07) is 10.8. The van der Waals surface area contributed by atoms with Crippen LogP contribution < -0.4 is 9.77 Å². The van der Waals surface area contributed by atoms with Gasteiger partial charge in [0.15, 0.2) is 0 Å². The van der Waals surface area contributed by atoms with Crippen molar-refractivity contribution in [3.8, 4) is 0 Å². The molecular formula is C27H23F2N3O4S2. The van der Waals surface area contributed by atoms with Gasteiger partial charge in [-0.05, 0) is 61.2 Å². The van der Waals surface area contributed by atoms with Gasteiger partial charge in [-0.15, -0.1) is 0 Å². The van der Waals surface area contributed by atoms with E-state index in [2.05, 4.69) is 0 Å². The first-order valence-corrected chi connectivity index (χ1v) is 14.1. The number of amides is 3. The Labute approximate surface area is 225 Å². The molecular weight excluding hydrogens is 532 g/mol. The van der Waals surface area contributed by atoms with Crippen molar-refractivity contribution in [2.45, 2.75) is 42.0 Å². The van der Waals surface area contributed by atoms with E-state index in [1.807, 2.05) is 0 Å². The average Bonchev–Trinajstić information content (AvgIpc) is 3.36. The number of aromatic nitrogens is 1. The summed E-state index contributed by atoms with van der Waals surface area (Å²) in [7, 11) is 0. The summed E-state index contributed by atoms with van der Waals surface area (Å²) >= 11 is 2.08. The second-order valence-electron chi connectivity index (χ2n) is 9.65. The van der Waals surface area contributed by atoms with E-state index in [9.17, 15) is 28.0 Å². The van der Waals surface area contributed by atoms with Crippen molar-refractivity contribution in [2.24, 2.45) is 5.92 Å². The van der Waals surface area contributed by atoms with Gasteiger partial charge in [-0.3, -0.25) is 23.7 Å². The molecule has 2 fully saturated rings. The number of halogens is 2. The van der Waals surface area contributed by atoms with E-state index in [1.165, 1.54) is 41.0 Å². The molecule has 2 saturated heterocycles. The Balaban J connectivity index is 1.43. The minimum atomic E-state index is -0.861. The molecule has 196 valence electrons. The third kappa shape index (κ3) is 4.17. The molecule has 1 aromatic heterocycles. The second kappa shape index (κ2) is 9.77. The SMILES string of the molecule is O=C(Cn1c2c(sc1=O)[C@@H](c1ccc(F)cc1)[C@@H]1C(=O)N(c3ccc(F)cc3)C(=O)[C@@H]1S2)N1CCCCC1. The maximum absolute atomic E-state index is 13.8. The lowest BCUT2D eigenvalue weighted by molar-refractivity contribution is -0.133. The molecule has 0 aliphatic carbocycles. The quantitative estimate of drug-likeness (QED) is 0.455. The van der Waals surface area contributed by atoms with Crippen LogP contribution in [-0.4, -0.2) is 45.5 Å². The molecule has 0 saturated carbocycles. The van der Waals surface area contributed by atoms with Crippen LogP contribution in [0.5, 0.6) is 0 Å². The van der Waals surface area contributed by atoms with Crippen molar-refractivity contribution >= 4 is 46.5 Å². The number of carbonyl (C=O) groups excluding carboxylic acids is 3. The van der Waals surface area contributed by atoms with Gasteiger partial charge < -0.3 is 4.90 Å². The minimum Gasteiger partial charge on any atom is -0.341 e. The normalized spacial score (nSPS) is 22.9. The van der Waals surface area contributed by atoms with Gasteiger partial charge in [0.25, 0.3) is 0 Å². The molecule has 3 amide bonds. The Bertz CT molecular complexity index is 1480. The fourth-order valence-corrected chi connectivity index (χ4v) is 8.28. The van der Waals surface area contributed by atoms with Crippen molar-refractivity contribution in [3.63, 3.8) is 0 Å². The topological polar surface area (TPSA) is 79.7 Å². The number of likely N-dealkylation sites (tertiary alicyclic amines) is 1. The third-order valence-corrected chi connectivity index (χ3v) is 9.97. The van der Waals surface area contributed by atoms with Gasteiger partial charge in [-0.2, -0.15) is 0 Å². The molecule has 7 nitrogen and oxygen atoms in total. The Kier molecular flexibility index (Phi) is 6.43. The number of rotatable bonds is 4. The van der Waals surface area contributed by atoms with E-state index < -0.39 is 40.5 Å². The highest BCUT2D eigenvalue weighted by atomic mass is 32.2. The van der Waals surface area contributed by atoms with Crippen molar-refractivity contribution in [1.82, 2.24) is 9.47 Å². The first-order chi connectivity index (χ1) is 18.3. The van der Waals surface area contributed by atoms with Crippen LogP contribution in [0, 0.1) is 17.6 Å². The lowest BCUT2D eigenvalue weighted by Crippen LogP contribution is -2.39. The van der Waals surface area contributed by atoms with Crippen molar-refractivity contribution in [1.29, 1.82) is 0 Å². The summed E-state index contributed by atoms with van der Waals surface area (Å²) in [5.41, 5.74) is 0.857. The monoisotopic (exact) mass is 555 g/mol. The number of carbonyl (C=O) groups is 3. The minimum absolute atomic E-state index is 0.144. The van der Waals surface area contributed by atoms with Gasteiger partial charge in [-0.25, -0.2) is 13.7 Å². The smallest absolute Gasteiger partial charge is 0.308 e. The van der Waals surface area contributed by atoms with E-state index in [4.69, 9.17) is 0 Å². The zero-order valence-corrected chi connectivity index (χ0v) is 21.8. The zero-order valence-electron chi connectivity index (χ0n) is 20.1. The first-order valence-electron chi connectivity index (χ1n) is 12.4. The standard InChI is InChI=1S/C27H23F2N3O4S2/c28-16-6-4-15(5-7-16)20-21-22(25(35)32(24(21)34)18-10-8-17(29)9-11-18)37-26-23(20)38-27(36)31(26)14-19(33)30-12-2-1-3-13-30/h4-11,20-22H,1-3,12-14H2/t20-,21-,22+/m0/s1. The largest absolute Gasteiger partial charge is 0.341 e. The number of piperidine rings is 1. The van der Waals surface area contributed by atoms with Gasteiger partial charge in [0.1, 0.15) is 23.4 Å². The molecule has 0 N–H and O–H groups in total. The van der Waals surface area contributed by atoms with Crippen LogP contribution in [-0.2, 0) is 20.9 Å². The van der Waals surface area contributed by atoms with Gasteiger partial charge >= 0.3 is 4.87 Å². The lowest BCUT2D eigenvalue weighted by atomic mass is 9.83. The molecule has 38 heavy (non-hydrogen) atoms. The Morgan fingerprint density at radius 3 is 2.16 bits per heavy atom. The number of benzene rings is 2. The number of thiazole rings is 1. The zero-order chi connectivity index (χ0) is 26.6. The van der Waals surface area contributed by atoms with E-state index in [0.29, 0.717) is 28.6 Å². The van der Waals surface area contributed by atoms with Crippen LogP contribution in [0.15, 0.2) is 58.4 Å². The molecule has 2 aromatic carbocycles. The molecule has 0 unspecified atom stereocenters. The summed E-state index contributed by atoms with van der Waals surface area (Å²) in [6.07, 6.45) is 2.91. The van der Waals surface area contributed by atoms with E-state index in [1.54, 1.807) is 17.0 Å². The van der Waals surface area contributed by atoms with Crippen LogP contribution >= 0.6 is 23.1 Å². The molecule has 11 heteroatoms. The number of imide groups is 1. The summed E-state index contributed by atoms with van der Waals surface area (Å²) in [6.45, 7) is 1.15. The molecule has 0 radical (unpaired) electrons. The fraction of sp³-hybridized carbons (Fsp3) is 0.333. The van der Waals surface area contributed by atoms with Crippen LogP contribution in [0.2, 0.25) is 0 Å². The molecule has 6 rings (SSSR count). The lowest BCUT2D eigenvalue weighted by Gasteiger charge is -2.31. The van der Waals surface area contributed by atoms with Crippen molar-refractivity contribution in [2.75, 3.05) is 18.0 Å². The molecule has 3 aliphatic heterocycles. The predicted octanol–water partition coefficient (Wildman–Crippen LogP) is 4.00. The van der Waals surface area contributed by atoms with Crippen LogP contribution in [0.25, 0.3) is 0 Å². The summed E-state index contributed by atoms with van der Waals surface area (Å²) in [5.74, 6) is -3.56. The first kappa shape index (κ1) is 25.0. The van der Waals surface area contributed by atoms with Crippen LogP contribution in [0.4, 0.5) is 14.5 Å². The maximum Gasteiger partial charge on any atom is 0.308 e. The number of hydrogen-bond acceptors (Lipinski definition) is 6. The summed E-state index contributed by atoms with van der Waals surface area (Å²) < 4.78 is 28.8. The molecule has 3 aliphatic rings. The number of fused-ring (bicyclic) bond motifs is 2. The highest BCUT2D eigenvalue weighted by molar-refractivity contribution is 8.00. The van der Waals surface area contributed by atoms with Gasteiger partial charge in [0.05, 0.1) is 16.6 Å². The Morgan fingerprint density at radius 1 is 0.868 bits per heavy atom. The van der Waals surface area contributed by atoms with Crippen molar-refractivity contribution < 1.29 is 23.2 Å². The highest BCUT2D eigenvalue weighted by Crippen LogP contribution is 2.53. The average molecular weight is 556 g/mol. The fourth-order valence-electron chi connectivity index (χ4n) is 5.51. The second-order valence-corrected chi connectivity index (χ2v) is 11.8. The number of nitrogens with zero attached hydrogens (tertiary/aromatic N) is 3. The Hall–Kier alpha value is -3.31. The van der Waals surface area contributed by atoms with Gasteiger partial charge in [0.2, 0.25) is 17.7 Å². The molecule has 0 spiro atoms. The predicted molar refractivity (Wildman–Crippen MR) is 139 cm³/mol. The third-order valence-electron chi connectivity index (χ3n) is 7.37. The van der Waals surface area contributed by atoms with Crippen LogP contribution in [0.1, 0.15) is 35.6 Å². The van der Waals surface area contributed by atoms with E-state index >= 15 is 0 Å². The van der Waals surface area contributed by atoms with E-state index in [0.717, 1.165) is 47.3 Å². The molecule has 4 heterocycles. The summed E-state index contributed by atoms with van der Waals surface area (Å²) in [4.78, 5) is 56.7. The molecule has 3 atom stereocenters. The van der Waals surface area contributed by atoms with Crippen LogP contribution in [0.3, 0.4) is 0 Å². The summed E-state index contributed by atoms with van der Waals surface area (Å²) in [5, 5.41) is -0.372. The van der Waals surface area contributed by atoms with Gasteiger partial charge in [-0.1, -0.05) is 35.2 Å². The van der Waals surface area contributed by atoms with Crippen molar-refractivity contribution in [3.05, 3.63) is 80.3 Å². The molecule has 3 aromatic rings. The number of anilines is 1. The number of thioether (sulfide) groups is 1. The number of hydrogen-bond donors (Lipinski definition) is 0. The van der Waals surface area contributed by atoms with Gasteiger partial charge in [0, 0.05) is 23.9 Å². The van der Waals surface area contributed by atoms with E-state index in [-0.39, 0.29) is 23.0 Å². The molecule has 0 bridgehead atoms. The highest BCUT2D eigenvalue weighted by Gasteiger charge is 2.56. The Morgan fingerprint density at radius 2 is 1.50 bits per heavy atom. The maximum atomic E-state index is 13.8.